The molecule has 4 rings (SSSR count). The van der Waals surface area contributed by atoms with E-state index in [9.17, 15) is 0 Å². The minimum Gasteiger partial charge on any atom is -0.365 e. The van der Waals surface area contributed by atoms with Crippen molar-refractivity contribution in [3.05, 3.63) is 46.9 Å². The summed E-state index contributed by atoms with van der Waals surface area (Å²) in [6.45, 7) is 4.44. The SMILES string of the molecule is Cc1ncc(CNc2ncnc3c2sc2ncc(Cl)c(C)c23)cn1. The van der Waals surface area contributed by atoms with Gasteiger partial charge in [0, 0.05) is 36.1 Å². The molecule has 0 atom stereocenters. The number of fused-ring (bicyclic) bond motifs is 3. The van der Waals surface area contributed by atoms with Gasteiger partial charge in [0.2, 0.25) is 0 Å². The number of halogens is 1. The van der Waals surface area contributed by atoms with E-state index in [-0.39, 0.29) is 0 Å². The Bertz CT molecular complexity index is 1040. The number of pyridine rings is 1. The standard InChI is InChI=1S/C16H13ClN6S/c1-8-11(17)6-21-16-12(8)13-14(24-16)15(23-7-22-13)20-5-10-3-18-9(2)19-4-10/h3-4,6-7H,5H2,1-2H3,(H,20,22,23). The third-order valence-electron chi connectivity index (χ3n) is 3.78. The van der Waals surface area contributed by atoms with Crippen LogP contribution in [0.25, 0.3) is 20.4 Å². The van der Waals surface area contributed by atoms with E-state index < -0.39 is 0 Å². The molecule has 4 heterocycles. The highest BCUT2D eigenvalue weighted by atomic mass is 35.5. The summed E-state index contributed by atoms with van der Waals surface area (Å²) in [5.41, 5.74) is 2.86. The van der Waals surface area contributed by atoms with Crippen LogP contribution >= 0.6 is 22.9 Å². The van der Waals surface area contributed by atoms with E-state index in [1.54, 1.807) is 23.9 Å². The first-order valence-electron chi connectivity index (χ1n) is 7.33. The van der Waals surface area contributed by atoms with Crippen LogP contribution in [0.3, 0.4) is 0 Å². The number of thiophene rings is 1. The van der Waals surface area contributed by atoms with Crippen LogP contribution in [0.4, 0.5) is 5.82 Å². The van der Waals surface area contributed by atoms with E-state index in [1.807, 2.05) is 26.2 Å². The average Bonchev–Trinajstić information content (AvgIpc) is 2.97. The van der Waals surface area contributed by atoms with E-state index in [4.69, 9.17) is 11.6 Å². The number of aromatic nitrogens is 5. The van der Waals surface area contributed by atoms with Crippen molar-refractivity contribution < 1.29 is 0 Å². The van der Waals surface area contributed by atoms with Crippen LogP contribution in [-0.4, -0.2) is 24.9 Å². The van der Waals surface area contributed by atoms with Gasteiger partial charge in [-0.2, -0.15) is 0 Å². The first-order valence-corrected chi connectivity index (χ1v) is 8.52. The molecular formula is C16H13ClN6S. The van der Waals surface area contributed by atoms with Gasteiger partial charge >= 0.3 is 0 Å². The molecule has 0 radical (unpaired) electrons. The fourth-order valence-electron chi connectivity index (χ4n) is 2.48. The number of rotatable bonds is 3. The van der Waals surface area contributed by atoms with Crippen LogP contribution in [0.15, 0.2) is 24.9 Å². The topological polar surface area (TPSA) is 76.5 Å². The van der Waals surface area contributed by atoms with Crippen LogP contribution in [0.5, 0.6) is 0 Å². The molecule has 0 fully saturated rings. The van der Waals surface area contributed by atoms with Gasteiger partial charge in [-0.05, 0) is 19.4 Å². The number of aryl methyl sites for hydroxylation is 2. The summed E-state index contributed by atoms with van der Waals surface area (Å²) in [6.07, 6.45) is 6.86. The Morgan fingerprint density at radius 2 is 1.83 bits per heavy atom. The monoisotopic (exact) mass is 356 g/mol. The van der Waals surface area contributed by atoms with Crippen molar-refractivity contribution in [1.82, 2.24) is 24.9 Å². The van der Waals surface area contributed by atoms with Crippen LogP contribution < -0.4 is 5.32 Å². The molecule has 0 amide bonds. The van der Waals surface area contributed by atoms with Gasteiger partial charge in [-0.25, -0.2) is 24.9 Å². The first kappa shape index (κ1) is 15.2. The molecule has 1 N–H and O–H groups in total. The molecule has 0 aliphatic rings. The predicted molar refractivity (Wildman–Crippen MR) is 96.6 cm³/mol. The molecule has 4 aromatic heterocycles. The smallest absolute Gasteiger partial charge is 0.147 e. The maximum absolute atomic E-state index is 6.21. The molecule has 0 aliphatic heterocycles. The molecule has 4 aromatic rings. The normalized spacial score (nSPS) is 11.3. The molecule has 0 aromatic carbocycles. The molecule has 0 saturated heterocycles. The fraction of sp³-hybridized carbons (Fsp3) is 0.188. The van der Waals surface area contributed by atoms with Crippen LogP contribution in [-0.2, 0) is 6.54 Å². The third-order valence-corrected chi connectivity index (χ3v) is 5.25. The van der Waals surface area contributed by atoms with Crippen molar-refractivity contribution in [1.29, 1.82) is 0 Å². The van der Waals surface area contributed by atoms with E-state index in [1.165, 1.54) is 0 Å². The van der Waals surface area contributed by atoms with Gasteiger partial charge in [0.05, 0.1) is 15.2 Å². The zero-order valence-electron chi connectivity index (χ0n) is 13.0. The summed E-state index contributed by atoms with van der Waals surface area (Å²) in [7, 11) is 0. The van der Waals surface area contributed by atoms with Crippen LogP contribution in [0.1, 0.15) is 17.0 Å². The van der Waals surface area contributed by atoms with Gasteiger partial charge < -0.3 is 5.32 Å². The lowest BCUT2D eigenvalue weighted by molar-refractivity contribution is 0.989. The highest BCUT2D eigenvalue weighted by Crippen LogP contribution is 2.38. The van der Waals surface area contributed by atoms with E-state index in [0.29, 0.717) is 11.6 Å². The van der Waals surface area contributed by atoms with Crippen molar-refractivity contribution in [3.63, 3.8) is 0 Å². The van der Waals surface area contributed by atoms with Crippen molar-refractivity contribution in [2.24, 2.45) is 0 Å². The van der Waals surface area contributed by atoms with Gasteiger partial charge in [0.25, 0.3) is 0 Å². The summed E-state index contributed by atoms with van der Waals surface area (Å²) in [5.74, 6) is 1.53. The second kappa shape index (κ2) is 5.92. The van der Waals surface area contributed by atoms with Crippen molar-refractivity contribution in [2.75, 3.05) is 5.32 Å². The molecule has 8 heteroatoms. The summed E-state index contributed by atoms with van der Waals surface area (Å²) in [5, 5.41) is 4.97. The second-order valence-corrected chi connectivity index (χ2v) is 6.81. The number of anilines is 1. The van der Waals surface area contributed by atoms with E-state index in [0.717, 1.165) is 43.2 Å². The fourth-order valence-corrected chi connectivity index (χ4v) is 3.75. The number of hydrogen-bond donors (Lipinski definition) is 1. The Kier molecular flexibility index (Phi) is 3.74. The highest BCUT2D eigenvalue weighted by molar-refractivity contribution is 7.26. The Hall–Kier alpha value is -2.38. The molecule has 0 aliphatic carbocycles. The second-order valence-electron chi connectivity index (χ2n) is 5.41. The Morgan fingerprint density at radius 1 is 1.04 bits per heavy atom. The number of nitrogens with zero attached hydrogens (tertiary/aromatic N) is 5. The summed E-state index contributed by atoms with van der Waals surface area (Å²) in [4.78, 5) is 22.5. The van der Waals surface area contributed by atoms with Gasteiger partial charge in [0.1, 0.15) is 22.8 Å². The zero-order valence-corrected chi connectivity index (χ0v) is 14.6. The Labute approximate surface area is 147 Å². The maximum atomic E-state index is 6.21. The van der Waals surface area contributed by atoms with Crippen molar-refractivity contribution >= 4 is 49.2 Å². The van der Waals surface area contributed by atoms with Gasteiger partial charge in [-0.3, -0.25) is 0 Å². The summed E-state index contributed by atoms with van der Waals surface area (Å²) in [6, 6.07) is 0. The molecule has 0 spiro atoms. The third kappa shape index (κ3) is 2.55. The average molecular weight is 357 g/mol. The zero-order chi connectivity index (χ0) is 16.7. The quantitative estimate of drug-likeness (QED) is 0.599. The van der Waals surface area contributed by atoms with Gasteiger partial charge in [0.15, 0.2) is 0 Å². The molecule has 120 valence electrons. The van der Waals surface area contributed by atoms with Crippen molar-refractivity contribution in [3.8, 4) is 0 Å². The van der Waals surface area contributed by atoms with Crippen LogP contribution in [0.2, 0.25) is 5.02 Å². The number of nitrogens with one attached hydrogen (secondary N) is 1. The minimum atomic E-state index is 0.591. The molecule has 0 saturated carbocycles. The lowest BCUT2D eigenvalue weighted by Crippen LogP contribution is -2.03. The minimum absolute atomic E-state index is 0.591. The lowest BCUT2D eigenvalue weighted by atomic mass is 10.2. The summed E-state index contributed by atoms with van der Waals surface area (Å²) < 4.78 is 0.971. The lowest BCUT2D eigenvalue weighted by Gasteiger charge is -2.06. The van der Waals surface area contributed by atoms with E-state index in [2.05, 4.69) is 30.2 Å². The molecule has 0 unspecified atom stereocenters. The molecule has 6 nitrogen and oxygen atoms in total. The van der Waals surface area contributed by atoms with Crippen molar-refractivity contribution in [2.45, 2.75) is 20.4 Å². The molecule has 24 heavy (non-hydrogen) atoms. The maximum Gasteiger partial charge on any atom is 0.147 e. The summed E-state index contributed by atoms with van der Waals surface area (Å²) >= 11 is 7.77. The first-order chi connectivity index (χ1) is 11.6. The Morgan fingerprint density at radius 3 is 2.62 bits per heavy atom. The largest absolute Gasteiger partial charge is 0.365 e. The van der Waals surface area contributed by atoms with Gasteiger partial charge in [-0.15, -0.1) is 11.3 Å². The Balaban J connectivity index is 1.76. The predicted octanol–water partition coefficient (Wildman–Crippen LogP) is 3.91. The van der Waals surface area contributed by atoms with Crippen LogP contribution in [0, 0.1) is 13.8 Å². The highest BCUT2D eigenvalue weighted by Gasteiger charge is 2.15. The molecular weight excluding hydrogens is 344 g/mol. The van der Waals surface area contributed by atoms with Gasteiger partial charge in [-0.1, -0.05) is 11.6 Å². The molecule has 0 bridgehead atoms. The van der Waals surface area contributed by atoms with E-state index >= 15 is 0 Å². The number of hydrogen-bond acceptors (Lipinski definition) is 7.